The molecular formula is C21H26N2O3S. The Labute approximate surface area is 163 Å². The fourth-order valence-electron chi connectivity index (χ4n) is 4.40. The molecule has 2 fully saturated rings. The van der Waals surface area contributed by atoms with Gasteiger partial charge in [-0.1, -0.05) is 18.9 Å². The summed E-state index contributed by atoms with van der Waals surface area (Å²) in [6.07, 6.45) is 4.88. The predicted molar refractivity (Wildman–Crippen MR) is 106 cm³/mol. The lowest BCUT2D eigenvalue weighted by molar-refractivity contribution is -0.136. The normalized spacial score (nSPS) is 21.6. The summed E-state index contributed by atoms with van der Waals surface area (Å²) >= 11 is 1.70. The van der Waals surface area contributed by atoms with Crippen LogP contribution in [-0.4, -0.2) is 34.6 Å². The van der Waals surface area contributed by atoms with Crippen molar-refractivity contribution in [2.24, 2.45) is 7.05 Å². The second-order valence-electron chi connectivity index (χ2n) is 7.78. The van der Waals surface area contributed by atoms with Crippen LogP contribution in [0.25, 0.3) is 0 Å². The van der Waals surface area contributed by atoms with Crippen LogP contribution < -0.4 is 10.3 Å². The number of amides is 1. The summed E-state index contributed by atoms with van der Waals surface area (Å²) in [5.41, 5.74) is 0.465. The lowest BCUT2D eigenvalue weighted by Gasteiger charge is -2.31. The van der Waals surface area contributed by atoms with Crippen LogP contribution in [0, 0.1) is 6.92 Å². The highest BCUT2D eigenvalue weighted by molar-refractivity contribution is 7.10. The van der Waals surface area contributed by atoms with Gasteiger partial charge >= 0.3 is 0 Å². The van der Waals surface area contributed by atoms with Crippen LogP contribution in [0.3, 0.4) is 0 Å². The van der Waals surface area contributed by atoms with E-state index >= 15 is 0 Å². The first-order valence-corrected chi connectivity index (χ1v) is 10.6. The second kappa shape index (κ2) is 7.15. The molecule has 0 aromatic carbocycles. The van der Waals surface area contributed by atoms with Gasteiger partial charge in [0.2, 0.25) is 5.91 Å². The number of thiophene rings is 1. The van der Waals surface area contributed by atoms with Crippen molar-refractivity contribution in [3.8, 4) is 5.75 Å². The molecule has 3 heterocycles. The maximum atomic E-state index is 13.4. The van der Waals surface area contributed by atoms with Gasteiger partial charge in [-0.3, -0.25) is 9.59 Å². The Morgan fingerprint density at radius 3 is 2.74 bits per heavy atom. The lowest BCUT2D eigenvalue weighted by atomic mass is 9.83. The molecule has 1 unspecified atom stereocenters. The van der Waals surface area contributed by atoms with Gasteiger partial charge in [0.15, 0.2) is 0 Å². The average Bonchev–Trinajstić information content (AvgIpc) is 3.39. The number of ether oxygens (including phenoxy) is 1. The highest BCUT2D eigenvalue weighted by Gasteiger charge is 2.47. The first-order chi connectivity index (χ1) is 13.0. The van der Waals surface area contributed by atoms with E-state index in [0.29, 0.717) is 12.3 Å². The highest BCUT2D eigenvalue weighted by Crippen LogP contribution is 2.45. The van der Waals surface area contributed by atoms with Crippen LogP contribution in [-0.2, 0) is 17.3 Å². The summed E-state index contributed by atoms with van der Waals surface area (Å²) in [4.78, 5) is 28.6. The molecule has 0 radical (unpaired) electrons. The van der Waals surface area contributed by atoms with Crippen molar-refractivity contribution in [1.82, 2.24) is 9.47 Å². The Balaban J connectivity index is 1.48. The van der Waals surface area contributed by atoms with E-state index < -0.39 is 0 Å². The average molecular weight is 387 g/mol. The lowest BCUT2D eigenvalue weighted by Crippen LogP contribution is -2.44. The number of pyridine rings is 1. The van der Waals surface area contributed by atoms with Gasteiger partial charge in [-0.15, -0.1) is 11.3 Å². The summed E-state index contributed by atoms with van der Waals surface area (Å²) in [6, 6.07) is 7.57. The number of likely N-dealkylation sites (tertiary alicyclic amines) is 1. The maximum absolute atomic E-state index is 13.4. The summed E-state index contributed by atoms with van der Waals surface area (Å²) < 4.78 is 7.65. The number of rotatable bonds is 4. The first kappa shape index (κ1) is 18.3. The van der Waals surface area contributed by atoms with Crippen molar-refractivity contribution in [3.05, 3.63) is 50.6 Å². The molecule has 2 aromatic heterocycles. The third kappa shape index (κ3) is 3.31. The number of carbonyl (C=O) groups excluding carboxylic acids is 1. The smallest absolute Gasteiger partial charge is 0.254 e. The third-order valence-corrected chi connectivity index (χ3v) is 7.14. The minimum Gasteiger partial charge on any atom is -0.488 e. The highest BCUT2D eigenvalue weighted by atomic mass is 32.1. The quantitative estimate of drug-likeness (QED) is 0.811. The number of hydrogen-bond acceptors (Lipinski definition) is 4. The number of aryl methyl sites for hydroxylation is 1. The fraction of sp³-hybridized carbons (Fsp3) is 0.524. The van der Waals surface area contributed by atoms with Gasteiger partial charge in [-0.2, -0.15) is 0 Å². The zero-order chi connectivity index (χ0) is 19.0. The van der Waals surface area contributed by atoms with E-state index in [1.807, 2.05) is 24.0 Å². The number of carbonyl (C=O) groups is 1. The molecule has 2 aromatic rings. The van der Waals surface area contributed by atoms with Crippen LogP contribution in [0.1, 0.15) is 42.7 Å². The van der Waals surface area contributed by atoms with Gasteiger partial charge in [0.25, 0.3) is 5.56 Å². The summed E-state index contributed by atoms with van der Waals surface area (Å²) in [5.74, 6) is 0.859. The molecule has 144 valence electrons. The first-order valence-electron chi connectivity index (χ1n) is 9.67. The fourth-order valence-corrected chi connectivity index (χ4v) is 5.38. The zero-order valence-electron chi connectivity index (χ0n) is 15.9. The number of aromatic nitrogens is 1. The van der Waals surface area contributed by atoms with Crippen molar-refractivity contribution in [1.29, 1.82) is 0 Å². The van der Waals surface area contributed by atoms with Gasteiger partial charge in [0.1, 0.15) is 11.9 Å². The van der Waals surface area contributed by atoms with Gasteiger partial charge in [-0.05, 0) is 37.3 Å². The van der Waals surface area contributed by atoms with E-state index in [1.165, 1.54) is 10.9 Å². The van der Waals surface area contributed by atoms with Gasteiger partial charge in [0, 0.05) is 36.7 Å². The minimum absolute atomic E-state index is 0.0535. The molecule has 2 aliphatic rings. The number of nitrogens with zero attached hydrogens (tertiary/aromatic N) is 2. The van der Waals surface area contributed by atoms with E-state index in [2.05, 4.69) is 11.4 Å². The van der Waals surface area contributed by atoms with Crippen molar-refractivity contribution < 1.29 is 9.53 Å². The Morgan fingerprint density at radius 2 is 2.07 bits per heavy atom. The molecule has 4 rings (SSSR count). The molecule has 1 saturated carbocycles. The van der Waals surface area contributed by atoms with Gasteiger partial charge in [0.05, 0.1) is 12.0 Å². The second-order valence-corrected chi connectivity index (χ2v) is 8.72. The largest absolute Gasteiger partial charge is 0.488 e. The molecule has 1 amide bonds. The Morgan fingerprint density at radius 1 is 1.30 bits per heavy atom. The van der Waals surface area contributed by atoms with E-state index in [4.69, 9.17) is 4.74 Å². The molecule has 0 N–H and O–H groups in total. The summed E-state index contributed by atoms with van der Waals surface area (Å²) in [7, 11) is 1.75. The van der Waals surface area contributed by atoms with E-state index in [-0.39, 0.29) is 23.0 Å². The Hall–Kier alpha value is -2.08. The third-order valence-electron chi connectivity index (χ3n) is 6.07. The molecule has 6 heteroatoms. The summed E-state index contributed by atoms with van der Waals surface area (Å²) in [5, 5.41) is 2.07. The van der Waals surface area contributed by atoms with E-state index in [0.717, 1.165) is 44.3 Å². The number of hydrogen-bond donors (Lipinski definition) is 0. The Kier molecular flexibility index (Phi) is 4.84. The SMILES string of the molecule is Cc1cc(OC2CCN(C(=O)C3(c4cccs4)CCCC3)C2)cc(=O)n1C. The van der Waals surface area contributed by atoms with E-state index in [1.54, 1.807) is 23.0 Å². The summed E-state index contributed by atoms with van der Waals surface area (Å²) in [6.45, 7) is 3.21. The monoisotopic (exact) mass is 386 g/mol. The van der Waals surface area contributed by atoms with Crippen molar-refractivity contribution in [2.45, 2.75) is 50.5 Å². The minimum atomic E-state index is -0.331. The van der Waals surface area contributed by atoms with Crippen LogP contribution >= 0.6 is 11.3 Å². The van der Waals surface area contributed by atoms with Crippen LogP contribution in [0.2, 0.25) is 0 Å². The van der Waals surface area contributed by atoms with Crippen molar-refractivity contribution >= 4 is 17.2 Å². The van der Waals surface area contributed by atoms with E-state index in [9.17, 15) is 9.59 Å². The topological polar surface area (TPSA) is 51.5 Å². The Bertz CT molecular complexity index is 881. The molecule has 0 spiro atoms. The maximum Gasteiger partial charge on any atom is 0.254 e. The molecule has 1 saturated heterocycles. The molecule has 1 aliphatic heterocycles. The molecule has 1 atom stereocenters. The molecule has 1 aliphatic carbocycles. The van der Waals surface area contributed by atoms with Gasteiger partial charge in [-0.25, -0.2) is 0 Å². The van der Waals surface area contributed by atoms with Crippen LogP contribution in [0.5, 0.6) is 5.75 Å². The zero-order valence-corrected chi connectivity index (χ0v) is 16.8. The van der Waals surface area contributed by atoms with Crippen LogP contribution in [0.4, 0.5) is 0 Å². The van der Waals surface area contributed by atoms with Gasteiger partial charge < -0.3 is 14.2 Å². The molecular weight excluding hydrogens is 360 g/mol. The predicted octanol–water partition coefficient (Wildman–Crippen LogP) is 3.25. The molecule has 27 heavy (non-hydrogen) atoms. The van der Waals surface area contributed by atoms with Crippen molar-refractivity contribution in [3.63, 3.8) is 0 Å². The molecule has 5 nitrogen and oxygen atoms in total. The van der Waals surface area contributed by atoms with Crippen LogP contribution in [0.15, 0.2) is 34.4 Å². The standard InChI is InChI=1S/C21H26N2O3S/c1-15-12-17(13-19(24)22(15)2)26-16-7-10-23(14-16)20(25)21(8-3-4-9-21)18-6-5-11-27-18/h5-6,11-13,16H,3-4,7-10,14H2,1-2H3. The van der Waals surface area contributed by atoms with Crippen molar-refractivity contribution in [2.75, 3.05) is 13.1 Å². The molecule has 0 bridgehead atoms.